The molecule has 1 aliphatic rings. The molecule has 0 amide bonds. The molecule has 0 unspecified atom stereocenters. The van der Waals surface area contributed by atoms with Crippen molar-refractivity contribution < 1.29 is 0 Å². The fourth-order valence-electron chi connectivity index (χ4n) is 1.94. The van der Waals surface area contributed by atoms with Crippen LogP contribution in [0, 0.1) is 4.64 Å². The van der Waals surface area contributed by atoms with Crippen LogP contribution in [0.15, 0.2) is 6.33 Å². The van der Waals surface area contributed by atoms with Crippen LogP contribution in [0.2, 0.25) is 0 Å². The third-order valence-electron chi connectivity index (χ3n) is 2.51. The number of fused-ring (bicyclic) bond motifs is 3. The van der Waals surface area contributed by atoms with Crippen LogP contribution in [0.4, 0.5) is 0 Å². The SMILES string of the molecule is S=c1[nH]cnc2sc3c(c12)CCC3. The predicted molar refractivity (Wildman–Crippen MR) is 56.8 cm³/mol. The summed E-state index contributed by atoms with van der Waals surface area (Å²) in [6, 6.07) is 0. The molecule has 0 aliphatic heterocycles. The maximum Gasteiger partial charge on any atom is 0.128 e. The summed E-state index contributed by atoms with van der Waals surface area (Å²) in [7, 11) is 0. The van der Waals surface area contributed by atoms with Gasteiger partial charge < -0.3 is 4.98 Å². The molecule has 1 aliphatic carbocycles. The molecule has 2 nitrogen and oxygen atoms in total. The van der Waals surface area contributed by atoms with Gasteiger partial charge in [-0.15, -0.1) is 11.3 Å². The van der Waals surface area contributed by atoms with Gasteiger partial charge in [0.2, 0.25) is 0 Å². The molecule has 0 spiro atoms. The minimum atomic E-state index is 0.851. The van der Waals surface area contributed by atoms with Crippen molar-refractivity contribution in [1.82, 2.24) is 9.97 Å². The van der Waals surface area contributed by atoms with Crippen molar-refractivity contribution in [3.05, 3.63) is 21.4 Å². The number of hydrogen-bond acceptors (Lipinski definition) is 3. The molecule has 2 heterocycles. The largest absolute Gasteiger partial charge is 0.337 e. The van der Waals surface area contributed by atoms with Crippen LogP contribution in [0.1, 0.15) is 16.9 Å². The first-order valence-corrected chi connectivity index (χ1v) is 5.56. The first-order valence-electron chi connectivity index (χ1n) is 4.34. The van der Waals surface area contributed by atoms with Gasteiger partial charge in [0.15, 0.2) is 0 Å². The van der Waals surface area contributed by atoms with E-state index in [0.717, 1.165) is 9.47 Å². The fourth-order valence-corrected chi connectivity index (χ4v) is 3.51. The molecule has 0 bridgehead atoms. The molecule has 2 aromatic heterocycles. The van der Waals surface area contributed by atoms with E-state index in [9.17, 15) is 0 Å². The standard InChI is InChI=1S/C9H8N2S2/c12-8-7-5-2-1-3-6(5)13-9(7)11-4-10-8/h4H,1-3H2,(H,10,11,12). The lowest BCUT2D eigenvalue weighted by atomic mass is 10.2. The average molecular weight is 208 g/mol. The van der Waals surface area contributed by atoms with Gasteiger partial charge in [0.1, 0.15) is 9.47 Å². The Hall–Kier alpha value is -0.740. The summed E-state index contributed by atoms with van der Waals surface area (Å²) in [5.41, 5.74) is 1.45. The van der Waals surface area contributed by atoms with Gasteiger partial charge in [-0.2, -0.15) is 0 Å². The Morgan fingerprint density at radius 3 is 3.31 bits per heavy atom. The Morgan fingerprint density at radius 2 is 2.38 bits per heavy atom. The van der Waals surface area contributed by atoms with E-state index in [-0.39, 0.29) is 0 Å². The predicted octanol–water partition coefficient (Wildman–Crippen LogP) is 2.84. The molecule has 0 saturated carbocycles. The van der Waals surface area contributed by atoms with E-state index in [1.165, 1.54) is 35.1 Å². The highest BCUT2D eigenvalue weighted by Gasteiger charge is 2.18. The Labute approximate surface area is 84.6 Å². The molecule has 0 radical (unpaired) electrons. The van der Waals surface area contributed by atoms with Gasteiger partial charge in [-0.05, 0) is 24.8 Å². The highest BCUT2D eigenvalue weighted by atomic mass is 32.1. The zero-order valence-electron chi connectivity index (χ0n) is 6.96. The van der Waals surface area contributed by atoms with Crippen LogP contribution < -0.4 is 0 Å². The van der Waals surface area contributed by atoms with Gasteiger partial charge in [-0.3, -0.25) is 0 Å². The molecule has 3 rings (SSSR count). The Kier molecular flexibility index (Phi) is 1.54. The maximum absolute atomic E-state index is 5.26. The summed E-state index contributed by atoms with van der Waals surface area (Å²) in [5.74, 6) is 0. The molecule has 66 valence electrons. The van der Waals surface area contributed by atoms with Gasteiger partial charge >= 0.3 is 0 Å². The minimum Gasteiger partial charge on any atom is -0.337 e. The van der Waals surface area contributed by atoms with Crippen LogP contribution in [0.5, 0.6) is 0 Å². The molecule has 2 aromatic rings. The number of H-pyrrole nitrogens is 1. The van der Waals surface area contributed by atoms with Gasteiger partial charge in [0.05, 0.1) is 6.33 Å². The normalized spacial score (nSPS) is 15.1. The van der Waals surface area contributed by atoms with Crippen LogP contribution in [-0.2, 0) is 12.8 Å². The Bertz CT molecular complexity index is 524. The monoisotopic (exact) mass is 208 g/mol. The summed E-state index contributed by atoms with van der Waals surface area (Å²) in [6.45, 7) is 0. The van der Waals surface area contributed by atoms with E-state index < -0.39 is 0 Å². The molecule has 0 saturated heterocycles. The Balaban J connectivity index is 2.53. The van der Waals surface area contributed by atoms with Gasteiger partial charge in [-0.25, -0.2) is 4.98 Å². The quantitative estimate of drug-likeness (QED) is 0.674. The second-order valence-corrected chi connectivity index (χ2v) is 4.76. The molecular weight excluding hydrogens is 200 g/mol. The summed E-state index contributed by atoms with van der Waals surface area (Å²) in [4.78, 5) is 9.90. The molecule has 1 N–H and O–H groups in total. The van der Waals surface area contributed by atoms with Crippen molar-refractivity contribution in [3.8, 4) is 0 Å². The lowest BCUT2D eigenvalue weighted by Gasteiger charge is -1.91. The van der Waals surface area contributed by atoms with Crippen molar-refractivity contribution in [3.63, 3.8) is 0 Å². The second-order valence-electron chi connectivity index (χ2n) is 3.27. The molecule has 0 fully saturated rings. The molecule has 0 atom stereocenters. The number of aromatic amines is 1. The second kappa shape index (κ2) is 2.62. The summed E-state index contributed by atoms with van der Waals surface area (Å²) < 4.78 is 0.851. The van der Waals surface area contributed by atoms with Crippen molar-refractivity contribution in [2.45, 2.75) is 19.3 Å². The van der Waals surface area contributed by atoms with Gasteiger partial charge in [0.25, 0.3) is 0 Å². The summed E-state index contributed by atoms with van der Waals surface area (Å²) in [5, 5.41) is 1.20. The van der Waals surface area contributed by atoms with Crippen molar-refractivity contribution in [2.75, 3.05) is 0 Å². The number of nitrogens with one attached hydrogen (secondary N) is 1. The number of rotatable bonds is 0. The van der Waals surface area contributed by atoms with Crippen LogP contribution >= 0.6 is 23.6 Å². The topological polar surface area (TPSA) is 28.7 Å². The number of thiophene rings is 1. The highest BCUT2D eigenvalue weighted by Crippen LogP contribution is 2.36. The van der Waals surface area contributed by atoms with E-state index in [2.05, 4.69) is 9.97 Å². The zero-order chi connectivity index (χ0) is 8.84. The average Bonchev–Trinajstić information content (AvgIpc) is 2.62. The number of hydrogen-bond donors (Lipinski definition) is 1. The third-order valence-corrected chi connectivity index (χ3v) is 4.03. The number of aryl methyl sites for hydroxylation is 2. The van der Waals surface area contributed by atoms with E-state index in [1.807, 2.05) is 0 Å². The first-order chi connectivity index (χ1) is 6.36. The maximum atomic E-state index is 5.26. The minimum absolute atomic E-state index is 0.851. The van der Waals surface area contributed by atoms with Crippen LogP contribution in [0.3, 0.4) is 0 Å². The smallest absolute Gasteiger partial charge is 0.128 e. The van der Waals surface area contributed by atoms with Crippen molar-refractivity contribution >= 4 is 33.8 Å². The van der Waals surface area contributed by atoms with E-state index in [4.69, 9.17) is 12.2 Å². The van der Waals surface area contributed by atoms with E-state index in [1.54, 1.807) is 17.7 Å². The first kappa shape index (κ1) is 7.64. The number of aromatic nitrogens is 2. The molecule has 0 aromatic carbocycles. The van der Waals surface area contributed by atoms with Crippen molar-refractivity contribution in [2.24, 2.45) is 0 Å². The van der Waals surface area contributed by atoms with E-state index in [0.29, 0.717) is 0 Å². The summed E-state index contributed by atoms with van der Waals surface area (Å²) >= 11 is 7.06. The Morgan fingerprint density at radius 1 is 1.46 bits per heavy atom. The summed E-state index contributed by atoms with van der Waals surface area (Å²) in [6.07, 6.45) is 5.36. The lowest BCUT2D eigenvalue weighted by molar-refractivity contribution is 0.917. The fraction of sp³-hybridized carbons (Fsp3) is 0.333. The molecule has 13 heavy (non-hydrogen) atoms. The van der Waals surface area contributed by atoms with E-state index >= 15 is 0 Å². The lowest BCUT2D eigenvalue weighted by Crippen LogP contribution is -1.81. The van der Waals surface area contributed by atoms with Crippen LogP contribution in [0.25, 0.3) is 10.2 Å². The van der Waals surface area contributed by atoms with Gasteiger partial charge in [0, 0.05) is 10.3 Å². The van der Waals surface area contributed by atoms with Gasteiger partial charge in [-0.1, -0.05) is 12.2 Å². The number of nitrogens with zero attached hydrogens (tertiary/aromatic N) is 1. The zero-order valence-corrected chi connectivity index (χ0v) is 8.60. The third kappa shape index (κ3) is 0.988. The van der Waals surface area contributed by atoms with Crippen molar-refractivity contribution in [1.29, 1.82) is 0 Å². The van der Waals surface area contributed by atoms with Crippen LogP contribution in [-0.4, -0.2) is 9.97 Å². The highest BCUT2D eigenvalue weighted by molar-refractivity contribution is 7.71. The molecule has 4 heteroatoms. The molecular formula is C9H8N2S2.